The second-order valence-electron chi connectivity index (χ2n) is 8.57. The number of fused-ring (bicyclic) bond motifs is 1. The van der Waals surface area contributed by atoms with E-state index >= 15 is 0 Å². The highest BCUT2D eigenvalue weighted by Crippen LogP contribution is 2.31. The van der Waals surface area contributed by atoms with Crippen molar-refractivity contribution >= 4 is 27.0 Å². The molecule has 0 unspecified atom stereocenters. The predicted octanol–water partition coefficient (Wildman–Crippen LogP) is 6.46. The molecule has 1 heterocycles. The molecule has 32 heavy (non-hydrogen) atoms. The minimum atomic E-state index is 0.700. The maximum absolute atomic E-state index is 6.07. The molecule has 0 saturated carbocycles. The van der Waals surface area contributed by atoms with Crippen LogP contribution in [0.1, 0.15) is 23.1 Å². The third-order valence-electron chi connectivity index (χ3n) is 5.79. The summed E-state index contributed by atoms with van der Waals surface area (Å²) in [4.78, 5) is 7.20. The van der Waals surface area contributed by atoms with Gasteiger partial charge in [-0.3, -0.25) is 0 Å². The normalized spacial score (nSPS) is 11.4. The van der Waals surface area contributed by atoms with Crippen molar-refractivity contribution in [2.45, 2.75) is 26.8 Å². The number of halogens is 1. The largest absolute Gasteiger partial charge is 0.493 e. The van der Waals surface area contributed by atoms with Gasteiger partial charge in [-0.25, -0.2) is 4.98 Å². The van der Waals surface area contributed by atoms with Crippen molar-refractivity contribution in [2.24, 2.45) is 0 Å². The smallest absolute Gasteiger partial charge is 0.141 e. The molecular formula is C27H30BrN3O. The highest BCUT2D eigenvalue weighted by Gasteiger charge is 2.15. The van der Waals surface area contributed by atoms with Crippen molar-refractivity contribution in [3.05, 3.63) is 81.8 Å². The summed E-state index contributed by atoms with van der Waals surface area (Å²) in [6.45, 7) is 6.73. The zero-order chi connectivity index (χ0) is 22.7. The molecule has 4 nitrogen and oxygen atoms in total. The van der Waals surface area contributed by atoms with Crippen LogP contribution in [-0.2, 0) is 6.54 Å². The van der Waals surface area contributed by atoms with Gasteiger partial charge in [0.15, 0.2) is 0 Å². The molecule has 5 heteroatoms. The summed E-state index contributed by atoms with van der Waals surface area (Å²) in [6.07, 6.45) is 0.995. The number of rotatable bonds is 8. The lowest BCUT2D eigenvalue weighted by atomic mass is 10.1. The molecule has 0 saturated heterocycles. The Kier molecular flexibility index (Phi) is 6.97. The maximum Gasteiger partial charge on any atom is 0.141 e. The standard InChI is InChI=1S/C27H30BrN3O/c1-19-10-11-21(16-20(19)2)27-29-25-13-12-23(32-15-7-14-30(3)4)17-26(25)31(27)18-22-8-5-6-9-24(22)28/h5-6,8-13,16-17H,7,14-15,18H2,1-4H3. The average Bonchev–Trinajstić information content (AvgIpc) is 3.12. The fraction of sp³-hybridized carbons (Fsp3) is 0.296. The van der Waals surface area contributed by atoms with Gasteiger partial charge in [0.2, 0.25) is 0 Å². The van der Waals surface area contributed by atoms with Crippen molar-refractivity contribution < 1.29 is 4.74 Å². The number of nitrogens with zero attached hydrogens (tertiary/aromatic N) is 3. The minimum Gasteiger partial charge on any atom is -0.493 e. The van der Waals surface area contributed by atoms with Gasteiger partial charge in [0.05, 0.1) is 24.2 Å². The molecule has 4 aromatic rings. The molecule has 0 aliphatic rings. The number of hydrogen-bond acceptors (Lipinski definition) is 3. The SMILES string of the molecule is Cc1ccc(-c2nc3ccc(OCCCN(C)C)cc3n2Cc2ccccc2Br)cc1C. The molecule has 0 amide bonds. The van der Waals surface area contributed by atoms with Crippen LogP contribution < -0.4 is 4.74 Å². The van der Waals surface area contributed by atoms with Gasteiger partial charge in [0, 0.05) is 22.6 Å². The van der Waals surface area contributed by atoms with E-state index in [2.05, 4.69) is 102 Å². The Balaban J connectivity index is 1.75. The highest BCUT2D eigenvalue weighted by atomic mass is 79.9. The molecule has 0 aliphatic heterocycles. The number of imidazole rings is 1. The molecule has 0 N–H and O–H groups in total. The Hall–Kier alpha value is -2.63. The van der Waals surface area contributed by atoms with Crippen molar-refractivity contribution in [1.29, 1.82) is 0 Å². The quantitative estimate of drug-likeness (QED) is 0.265. The summed E-state index contributed by atoms with van der Waals surface area (Å²) in [5.74, 6) is 1.86. The summed E-state index contributed by atoms with van der Waals surface area (Å²) in [5, 5.41) is 0. The zero-order valence-corrected chi connectivity index (χ0v) is 20.8. The first kappa shape index (κ1) is 22.6. The Labute approximate surface area is 199 Å². The molecule has 0 fully saturated rings. The van der Waals surface area contributed by atoms with E-state index in [4.69, 9.17) is 9.72 Å². The lowest BCUT2D eigenvalue weighted by Crippen LogP contribution is -2.15. The van der Waals surface area contributed by atoms with Crippen molar-refractivity contribution in [2.75, 3.05) is 27.2 Å². The van der Waals surface area contributed by atoms with Gasteiger partial charge < -0.3 is 14.2 Å². The molecule has 166 valence electrons. The average molecular weight is 492 g/mol. The van der Waals surface area contributed by atoms with E-state index < -0.39 is 0 Å². The van der Waals surface area contributed by atoms with Crippen LogP contribution in [0.4, 0.5) is 0 Å². The van der Waals surface area contributed by atoms with E-state index in [1.807, 2.05) is 12.1 Å². The number of aromatic nitrogens is 2. The molecule has 0 radical (unpaired) electrons. The van der Waals surface area contributed by atoms with Gasteiger partial charge in [0.1, 0.15) is 11.6 Å². The molecule has 0 bridgehead atoms. The minimum absolute atomic E-state index is 0.700. The van der Waals surface area contributed by atoms with Crippen molar-refractivity contribution in [3.63, 3.8) is 0 Å². The van der Waals surface area contributed by atoms with Gasteiger partial charge >= 0.3 is 0 Å². The Morgan fingerprint density at radius 2 is 1.78 bits per heavy atom. The Morgan fingerprint density at radius 3 is 2.53 bits per heavy atom. The van der Waals surface area contributed by atoms with Crippen LogP contribution >= 0.6 is 15.9 Å². The molecule has 0 atom stereocenters. The van der Waals surface area contributed by atoms with E-state index in [1.165, 1.54) is 16.7 Å². The monoisotopic (exact) mass is 491 g/mol. The van der Waals surface area contributed by atoms with Crippen molar-refractivity contribution in [3.8, 4) is 17.1 Å². The lowest BCUT2D eigenvalue weighted by molar-refractivity contribution is 0.282. The fourth-order valence-electron chi connectivity index (χ4n) is 3.82. The van der Waals surface area contributed by atoms with E-state index in [9.17, 15) is 0 Å². The van der Waals surface area contributed by atoms with Crippen LogP contribution in [0.3, 0.4) is 0 Å². The van der Waals surface area contributed by atoms with Crippen LogP contribution in [0.25, 0.3) is 22.4 Å². The third kappa shape index (κ3) is 5.05. The molecular weight excluding hydrogens is 462 g/mol. The number of benzene rings is 3. The van der Waals surface area contributed by atoms with Crippen LogP contribution in [-0.4, -0.2) is 41.7 Å². The van der Waals surface area contributed by atoms with Crippen LogP contribution in [0.2, 0.25) is 0 Å². The van der Waals surface area contributed by atoms with Crippen molar-refractivity contribution in [1.82, 2.24) is 14.5 Å². The van der Waals surface area contributed by atoms with Gasteiger partial charge in [-0.1, -0.05) is 46.3 Å². The third-order valence-corrected chi connectivity index (χ3v) is 6.56. The van der Waals surface area contributed by atoms with Gasteiger partial charge in [-0.05, 0) is 75.3 Å². The van der Waals surface area contributed by atoms with E-state index in [0.717, 1.165) is 52.2 Å². The summed E-state index contributed by atoms with van der Waals surface area (Å²) < 4.78 is 9.46. The van der Waals surface area contributed by atoms with Gasteiger partial charge in [-0.2, -0.15) is 0 Å². The summed E-state index contributed by atoms with van der Waals surface area (Å²) >= 11 is 3.71. The number of aryl methyl sites for hydroxylation is 2. The first-order valence-corrected chi connectivity index (χ1v) is 11.8. The summed E-state index contributed by atoms with van der Waals surface area (Å²) in [6, 6.07) is 21.1. The predicted molar refractivity (Wildman–Crippen MR) is 137 cm³/mol. The number of ether oxygens (including phenoxy) is 1. The molecule has 0 spiro atoms. The summed E-state index contributed by atoms with van der Waals surface area (Å²) in [5.41, 5.74) is 6.96. The summed E-state index contributed by atoms with van der Waals surface area (Å²) in [7, 11) is 4.17. The fourth-order valence-corrected chi connectivity index (χ4v) is 4.23. The lowest BCUT2D eigenvalue weighted by Gasteiger charge is -2.13. The van der Waals surface area contributed by atoms with Crippen LogP contribution in [0.5, 0.6) is 5.75 Å². The van der Waals surface area contributed by atoms with E-state index in [1.54, 1.807) is 0 Å². The molecule has 0 aliphatic carbocycles. The van der Waals surface area contributed by atoms with Gasteiger partial charge in [-0.15, -0.1) is 0 Å². The highest BCUT2D eigenvalue weighted by molar-refractivity contribution is 9.10. The topological polar surface area (TPSA) is 30.3 Å². The first-order chi connectivity index (χ1) is 15.4. The first-order valence-electron chi connectivity index (χ1n) is 11.0. The number of hydrogen-bond donors (Lipinski definition) is 0. The van der Waals surface area contributed by atoms with E-state index in [-0.39, 0.29) is 0 Å². The zero-order valence-electron chi connectivity index (χ0n) is 19.2. The van der Waals surface area contributed by atoms with Crippen LogP contribution in [0, 0.1) is 13.8 Å². The molecule has 4 rings (SSSR count). The Morgan fingerprint density at radius 1 is 0.969 bits per heavy atom. The second kappa shape index (κ2) is 9.88. The maximum atomic E-state index is 6.07. The van der Waals surface area contributed by atoms with Crippen LogP contribution in [0.15, 0.2) is 65.1 Å². The van der Waals surface area contributed by atoms with E-state index in [0.29, 0.717) is 6.61 Å². The Bertz CT molecular complexity index is 1230. The molecule has 1 aromatic heterocycles. The molecule has 3 aromatic carbocycles. The van der Waals surface area contributed by atoms with Gasteiger partial charge in [0.25, 0.3) is 0 Å². The second-order valence-corrected chi connectivity index (χ2v) is 9.42.